The third kappa shape index (κ3) is 1.35. The number of fused-ring (bicyclic) bond motifs is 1. The van der Waals surface area contributed by atoms with Crippen LogP contribution in [0.15, 0.2) is 18.2 Å². The summed E-state index contributed by atoms with van der Waals surface area (Å²) in [5.41, 5.74) is 1.88. The fraction of sp³-hybridized carbons (Fsp3) is 0.364. The molecule has 1 amide bonds. The molecule has 0 N–H and O–H groups in total. The Morgan fingerprint density at radius 1 is 1.47 bits per heavy atom. The number of nitrogens with zero attached hydrogens (tertiary/aromatic N) is 1. The van der Waals surface area contributed by atoms with Crippen molar-refractivity contribution < 1.29 is 9.53 Å². The Labute approximate surface area is 97.2 Å². The van der Waals surface area contributed by atoms with Gasteiger partial charge in [-0.15, -0.1) is 0 Å². The van der Waals surface area contributed by atoms with Crippen molar-refractivity contribution in [1.82, 2.24) is 0 Å². The molecule has 15 heavy (non-hydrogen) atoms. The summed E-state index contributed by atoms with van der Waals surface area (Å²) in [6, 6.07) is 5.65. The molecule has 0 radical (unpaired) electrons. The lowest BCUT2D eigenvalue weighted by molar-refractivity contribution is -0.119. The molecule has 1 unspecified atom stereocenters. The SMILES string of the molecule is COc1ccc2c(c1)C(C)(Br)C(=O)N2C. The van der Waals surface area contributed by atoms with Crippen LogP contribution < -0.4 is 9.64 Å². The number of alkyl halides is 1. The van der Waals surface area contributed by atoms with Crippen LogP contribution in [0.2, 0.25) is 0 Å². The molecule has 0 saturated carbocycles. The maximum absolute atomic E-state index is 11.9. The highest BCUT2D eigenvalue weighted by molar-refractivity contribution is 9.10. The number of carbonyl (C=O) groups excluding carboxylic acids is 1. The van der Waals surface area contributed by atoms with Crippen molar-refractivity contribution in [3.05, 3.63) is 23.8 Å². The van der Waals surface area contributed by atoms with E-state index < -0.39 is 4.32 Å². The number of anilines is 1. The number of rotatable bonds is 1. The Kier molecular flexibility index (Phi) is 2.26. The third-order valence-electron chi connectivity index (χ3n) is 2.78. The molecule has 4 heteroatoms. The first-order valence-corrected chi connectivity index (χ1v) is 5.43. The summed E-state index contributed by atoms with van der Waals surface area (Å²) in [5.74, 6) is 0.813. The molecule has 0 spiro atoms. The lowest BCUT2D eigenvalue weighted by atomic mass is 10.0. The molecule has 1 atom stereocenters. The van der Waals surface area contributed by atoms with Gasteiger partial charge < -0.3 is 9.64 Å². The van der Waals surface area contributed by atoms with Gasteiger partial charge in [0.1, 0.15) is 10.1 Å². The van der Waals surface area contributed by atoms with Crippen LogP contribution in [0.5, 0.6) is 5.75 Å². The quantitative estimate of drug-likeness (QED) is 0.733. The Bertz CT molecular complexity index is 429. The standard InChI is InChI=1S/C11H12BrNO2/c1-11(12)8-6-7(15-3)4-5-9(8)13(2)10(11)14/h4-6H,1-3H3. The average Bonchev–Trinajstić information content (AvgIpc) is 2.40. The van der Waals surface area contributed by atoms with Gasteiger partial charge in [-0.2, -0.15) is 0 Å². The Morgan fingerprint density at radius 3 is 2.73 bits per heavy atom. The molecule has 3 nitrogen and oxygen atoms in total. The molecule has 1 aromatic carbocycles. The van der Waals surface area contributed by atoms with Gasteiger partial charge in [0.25, 0.3) is 0 Å². The van der Waals surface area contributed by atoms with Crippen molar-refractivity contribution in [2.75, 3.05) is 19.1 Å². The van der Waals surface area contributed by atoms with Gasteiger partial charge in [0.2, 0.25) is 5.91 Å². The predicted octanol–water partition coefficient (Wildman–Crippen LogP) is 2.28. The van der Waals surface area contributed by atoms with E-state index in [2.05, 4.69) is 15.9 Å². The minimum Gasteiger partial charge on any atom is -0.497 e. The second kappa shape index (κ2) is 3.23. The lowest BCUT2D eigenvalue weighted by Crippen LogP contribution is -2.31. The van der Waals surface area contributed by atoms with Gasteiger partial charge in [0.15, 0.2) is 0 Å². The molecule has 80 valence electrons. The van der Waals surface area contributed by atoms with Crippen LogP contribution in [0.1, 0.15) is 12.5 Å². The predicted molar refractivity (Wildman–Crippen MR) is 62.7 cm³/mol. The van der Waals surface area contributed by atoms with Crippen molar-refractivity contribution in [1.29, 1.82) is 0 Å². The molecule has 1 aliphatic rings. The number of hydrogen-bond donors (Lipinski definition) is 0. The normalized spacial score (nSPS) is 24.3. The van der Waals surface area contributed by atoms with Gasteiger partial charge in [0.05, 0.1) is 7.11 Å². The highest BCUT2D eigenvalue weighted by atomic mass is 79.9. The highest BCUT2D eigenvalue weighted by Gasteiger charge is 2.44. The molecule has 0 bridgehead atoms. The summed E-state index contributed by atoms with van der Waals surface area (Å²) in [7, 11) is 3.40. The van der Waals surface area contributed by atoms with E-state index in [1.165, 1.54) is 0 Å². The lowest BCUT2D eigenvalue weighted by Gasteiger charge is -2.14. The van der Waals surface area contributed by atoms with Crippen molar-refractivity contribution in [3.8, 4) is 5.75 Å². The van der Waals surface area contributed by atoms with E-state index in [0.717, 1.165) is 17.0 Å². The van der Waals surface area contributed by atoms with Crippen LogP contribution in [0.25, 0.3) is 0 Å². The monoisotopic (exact) mass is 269 g/mol. The van der Waals surface area contributed by atoms with E-state index in [4.69, 9.17) is 4.74 Å². The molecule has 1 aromatic rings. The van der Waals surface area contributed by atoms with E-state index in [-0.39, 0.29) is 5.91 Å². The van der Waals surface area contributed by atoms with Crippen LogP contribution in [-0.2, 0) is 9.12 Å². The molecule has 2 rings (SSSR count). The van der Waals surface area contributed by atoms with Gasteiger partial charge in [-0.05, 0) is 25.1 Å². The molecule has 0 aromatic heterocycles. The van der Waals surface area contributed by atoms with Crippen LogP contribution >= 0.6 is 15.9 Å². The third-order valence-corrected chi connectivity index (χ3v) is 3.54. The second-order valence-corrected chi connectivity index (χ2v) is 5.34. The number of carbonyl (C=O) groups is 1. The summed E-state index contributed by atoms with van der Waals surface area (Å²) >= 11 is 3.46. The Hall–Kier alpha value is -1.03. The molecule has 1 aliphatic heterocycles. The maximum Gasteiger partial charge on any atom is 0.247 e. The number of ether oxygens (including phenoxy) is 1. The smallest absolute Gasteiger partial charge is 0.247 e. The van der Waals surface area contributed by atoms with Gasteiger partial charge in [0, 0.05) is 18.3 Å². The number of hydrogen-bond acceptors (Lipinski definition) is 2. The zero-order chi connectivity index (χ0) is 11.2. The van der Waals surface area contributed by atoms with Gasteiger partial charge >= 0.3 is 0 Å². The van der Waals surface area contributed by atoms with E-state index >= 15 is 0 Å². The number of benzene rings is 1. The van der Waals surface area contributed by atoms with E-state index in [0.29, 0.717) is 0 Å². The topological polar surface area (TPSA) is 29.5 Å². The van der Waals surface area contributed by atoms with Crippen molar-refractivity contribution in [2.24, 2.45) is 0 Å². The fourth-order valence-electron chi connectivity index (χ4n) is 1.85. The first kappa shape index (κ1) is 10.5. The average molecular weight is 270 g/mol. The van der Waals surface area contributed by atoms with E-state index in [1.54, 1.807) is 19.1 Å². The van der Waals surface area contributed by atoms with Gasteiger partial charge in [-0.3, -0.25) is 4.79 Å². The summed E-state index contributed by atoms with van der Waals surface area (Å²) in [6.45, 7) is 1.86. The van der Waals surface area contributed by atoms with Crippen LogP contribution in [0.4, 0.5) is 5.69 Å². The number of halogens is 1. The van der Waals surface area contributed by atoms with Crippen molar-refractivity contribution in [3.63, 3.8) is 0 Å². The van der Waals surface area contributed by atoms with E-state index in [9.17, 15) is 4.79 Å². The number of likely N-dealkylation sites (N-methyl/N-ethyl adjacent to an activating group) is 1. The summed E-state index contributed by atoms with van der Waals surface area (Å²) in [5, 5.41) is 0. The van der Waals surface area contributed by atoms with Crippen molar-refractivity contribution >= 4 is 27.5 Å². The summed E-state index contributed by atoms with van der Waals surface area (Å²) in [6.07, 6.45) is 0. The summed E-state index contributed by atoms with van der Waals surface area (Å²) in [4.78, 5) is 13.6. The second-order valence-electron chi connectivity index (χ2n) is 3.75. The first-order chi connectivity index (χ1) is 6.98. The minimum absolute atomic E-state index is 0.0470. The molecule has 0 aliphatic carbocycles. The van der Waals surface area contributed by atoms with Crippen LogP contribution in [0, 0.1) is 0 Å². The zero-order valence-electron chi connectivity index (χ0n) is 8.87. The van der Waals surface area contributed by atoms with Crippen LogP contribution in [0.3, 0.4) is 0 Å². The van der Waals surface area contributed by atoms with Crippen LogP contribution in [-0.4, -0.2) is 20.1 Å². The number of methoxy groups -OCH3 is 1. The molecule has 0 saturated heterocycles. The van der Waals surface area contributed by atoms with E-state index in [1.807, 2.05) is 25.1 Å². The Morgan fingerprint density at radius 2 is 2.13 bits per heavy atom. The fourth-order valence-corrected chi connectivity index (χ4v) is 2.43. The van der Waals surface area contributed by atoms with Gasteiger partial charge in [-0.25, -0.2) is 0 Å². The first-order valence-electron chi connectivity index (χ1n) is 4.64. The summed E-state index contributed by atoms with van der Waals surface area (Å²) < 4.78 is 4.52. The molecule has 1 heterocycles. The zero-order valence-corrected chi connectivity index (χ0v) is 10.5. The molecular weight excluding hydrogens is 258 g/mol. The molecule has 0 fully saturated rings. The van der Waals surface area contributed by atoms with Gasteiger partial charge in [-0.1, -0.05) is 15.9 Å². The van der Waals surface area contributed by atoms with Crippen molar-refractivity contribution in [2.45, 2.75) is 11.2 Å². The largest absolute Gasteiger partial charge is 0.497 e. The minimum atomic E-state index is -0.633. The number of amides is 1. The molecular formula is C11H12BrNO2. The Balaban J connectivity index is 2.62. The highest BCUT2D eigenvalue weighted by Crippen LogP contribution is 2.46. The maximum atomic E-state index is 11.9.